The number of fused-ring (bicyclic) bond motifs is 1. The van der Waals surface area contributed by atoms with E-state index < -0.39 is 28.3 Å². The number of amides is 1. The van der Waals surface area contributed by atoms with Gasteiger partial charge in [-0.25, -0.2) is 9.29 Å². The van der Waals surface area contributed by atoms with Gasteiger partial charge in [0, 0.05) is 6.20 Å². The van der Waals surface area contributed by atoms with Gasteiger partial charge in [0.05, 0.1) is 12.1 Å². The first-order valence-electron chi connectivity index (χ1n) is 4.46. The van der Waals surface area contributed by atoms with Crippen molar-refractivity contribution in [3.05, 3.63) is 23.9 Å². The second kappa shape index (κ2) is 3.38. The second-order valence-electron chi connectivity index (χ2n) is 3.37. The number of hydrogen-bond donors (Lipinski definition) is 0. The molecular weight excluding hydrogens is 232 g/mol. The first-order chi connectivity index (χ1) is 7.44. The van der Waals surface area contributed by atoms with Gasteiger partial charge in [-0.15, -0.1) is 0 Å². The van der Waals surface area contributed by atoms with Crippen LogP contribution in [0.3, 0.4) is 0 Å². The summed E-state index contributed by atoms with van der Waals surface area (Å²) in [6.45, 7) is 0.775. The van der Waals surface area contributed by atoms with Crippen molar-refractivity contribution >= 4 is 21.7 Å². The van der Waals surface area contributed by atoms with Crippen molar-refractivity contribution in [3.8, 4) is 0 Å². The minimum atomic E-state index is -3.94. The molecule has 0 saturated carbocycles. The lowest BCUT2D eigenvalue weighted by Gasteiger charge is -2.11. The van der Waals surface area contributed by atoms with E-state index in [9.17, 15) is 18.0 Å². The number of ketones is 1. The van der Waals surface area contributed by atoms with Crippen molar-refractivity contribution in [2.24, 2.45) is 0 Å². The van der Waals surface area contributed by atoms with Crippen molar-refractivity contribution in [1.82, 2.24) is 9.29 Å². The first kappa shape index (κ1) is 10.7. The van der Waals surface area contributed by atoms with Gasteiger partial charge < -0.3 is 0 Å². The Hall–Kier alpha value is -1.76. The van der Waals surface area contributed by atoms with Crippen LogP contribution in [0.15, 0.2) is 23.4 Å². The van der Waals surface area contributed by atoms with Crippen molar-refractivity contribution < 1.29 is 18.0 Å². The Kier molecular flexibility index (Phi) is 2.27. The molecule has 1 aliphatic rings. The summed E-state index contributed by atoms with van der Waals surface area (Å²) in [6.07, 6.45) is 1.29. The standard InChI is InChI=1S/C9H8N2O4S/c1-6(12)5-11-9(13)7-3-2-4-10-8(7)16(11,14)15/h2-4H,5H2,1H3. The highest BCUT2D eigenvalue weighted by molar-refractivity contribution is 7.90. The molecule has 2 rings (SSSR count). The highest BCUT2D eigenvalue weighted by atomic mass is 32.2. The highest BCUT2D eigenvalue weighted by Crippen LogP contribution is 2.27. The minimum Gasteiger partial charge on any atom is -0.298 e. The summed E-state index contributed by atoms with van der Waals surface area (Å²) in [5.41, 5.74) is 0.0174. The molecule has 0 spiro atoms. The zero-order valence-electron chi connectivity index (χ0n) is 8.37. The zero-order chi connectivity index (χ0) is 11.9. The van der Waals surface area contributed by atoms with E-state index in [-0.39, 0.29) is 10.6 Å². The fourth-order valence-corrected chi connectivity index (χ4v) is 2.97. The molecule has 0 unspecified atom stereocenters. The fourth-order valence-electron chi connectivity index (χ4n) is 1.47. The van der Waals surface area contributed by atoms with E-state index in [2.05, 4.69) is 4.98 Å². The Morgan fingerprint density at radius 1 is 1.50 bits per heavy atom. The summed E-state index contributed by atoms with van der Waals surface area (Å²) >= 11 is 0. The van der Waals surface area contributed by atoms with Crippen LogP contribution >= 0.6 is 0 Å². The van der Waals surface area contributed by atoms with Crippen molar-refractivity contribution in [2.75, 3.05) is 6.54 Å². The highest BCUT2D eigenvalue weighted by Gasteiger charge is 2.42. The molecule has 0 bridgehead atoms. The van der Waals surface area contributed by atoms with Crippen molar-refractivity contribution in [1.29, 1.82) is 0 Å². The number of nitrogens with zero attached hydrogens (tertiary/aromatic N) is 2. The molecule has 0 aromatic carbocycles. The van der Waals surface area contributed by atoms with Gasteiger partial charge in [-0.3, -0.25) is 9.59 Å². The van der Waals surface area contributed by atoms with Gasteiger partial charge in [0.2, 0.25) is 0 Å². The van der Waals surface area contributed by atoms with Gasteiger partial charge in [-0.1, -0.05) is 0 Å². The molecule has 0 radical (unpaired) electrons. The molecule has 1 aromatic heterocycles. The Morgan fingerprint density at radius 2 is 2.19 bits per heavy atom. The third kappa shape index (κ3) is 1.40. The molecule has 0 saturated heterocycles. The predicted octanol–water partition coefficient (Wildman–Crippen LogP) is -0.185. The lowest BCUT2D eigenvalue weighted by atomic mass is 10.2. The van der Waals surface area contributed by atoms with Gasteiger partial charge in [-0.2, -0.15) is 8.42 Å². The minimum absolute atomic E-state index is 0.0174. The fraction of sp³-hybridized carbons (Fsp3) is 0.222. The van der Waals surface area contributed by atoms with Gasteiger partial charge in [0.15, 0.2) is 5.03 Å². The molecule has 0 aliphatic carbocycles. The number of carbonyl (C=O) groups excluding carboxylic acids is 2. The maximum atomic E-state index is 11.8. The van der Waals surface area contributed by atoms with Crippen LogP contribution in [0.4, 0.5) is 0 Å². The van der Waals surface area contributed by atoms with Gasteiger partial charge in [-0.05, 0) is 19.1 Å². The average Bonchev–Trinajstić information content (AvgIpc) is 2.41. The van der Waals surface area contributed by atoms with E-state index in [0.717, 1.165) is 0 Å². The summed E-state index contributed by atoms with van der Waals surface area (Å²) in [5.74, 6) is -1.09. The predicted molar refractivity (Wildman–Crippen MR) is 53.1 cm³/mol. The van der Waals surface area contributed by atoms with Crippen LogP contribution in [0.2, 0.25) is 0 Å². The molecule has 1 amide bonds. The molecule has 0 fully saturated rings. The Balaban J connectivity index is 2.58. The van der Waals surface area contributed by atoms with E-state index in [0.29, 0.717) is 4.31 Å². The summed E-state index contributed by atoms with van der Waals surface area (Å²) in [7, 11) is -3.94. The molecule has 1 aromatic rings. The summed E-state index contributed by atoms with van der Waals surface area (Å²) in [4.78, 5) is 26.3. The molecule has 0 N–H and O–H groups in total. The maximum Gasteiger partial charge on any atom is 0.285 e. The maximum absolute atomic E-state index is 11.8. The lowest BCUT2D eigenvalue weighted by Crippen LogP contribution is -2.34. The molecule has 1 aliphatic heterocycles. The summed E-state index contributed by atoms with van der Waals surface area (Å²) < 4.78 is 24.2. The van der Waals surface area contributed by atoms with Crippen LogP contribution in [-0.2, 0) is 14.8 Å². The monoisotopic (exact) mass is 240 g/mol. The van der Waals surface area contributed by atoms with E-state index in [1.165, 1.54) is 25.3 Å². The topological polar surface area (TPSA) is 84.4 Å². The molecule has 84 valence electrons. The van der Waals surface area contributed by atoms with Gasteiger partial charge in [0.25, 0.3) is 15.9 Å². The molecular formula is C9H8N2O4S. The van der Waals surface area contributed by atoms with Crippen LogP contribution in [0.1, 0.15) is 17.3 Å². The largest absolute Gasteiger partial charge is 0.298 e. The Morgan fingerprint density at radius 3 is 2.75 bits per heavy atom. The van der Waals surface area contributed by atoms with Crippen LogP contribution in [-0.4, -0.2) is 35.9 Å². The number of sulfonamides is 1. The number of hydrogen-bond acceptors (Lipinski definition) is 5. The van der Waals surface area contributed by atoms with Gasteiger partial charge >= 0.3 is 0 Å². The number of rotatable bonds is 2. The quantitative estimate of drug-likeness (QED) is 0.715. The normalized spacial score (nSPS) is 17.3. The van der Waals surface area contributed by atoms with E-state index in [4.69, 9.17) is 0 Å². The third-order valence-electron chi connectivity index (χ3n) is 2.13. The molecule has 7 heteroatoms. The SMILES string of the molecule is CC(=O)CN1C(=O)c2cccnc2S1(=O)=O. The summed E-state index contributed by atoms with van der Waals surface area (Å²) in [6, 6.07) is 2.85. The number of Topliss-reactive ketones (excluding diaryl/α,β-unsaturated/α-hetero) is 1. The van der Waals surface area contributed by atoms with Crippen LogP contribution in [0, 0.1) is 0 Å². The molecule has 0 atom stereocenters. The second-order valence-corrected chi connectivity index (χ2v) is 5.15. The Bertz CT molecular complexity index is 579. The van der Waals surface area contributed by atoms with Gasteiger partial charge in [0.1, 0.15) is 5.78 Å². The van der Waals surface area contributed by atoms with Crippen LogP contribution in [0.25, 0.3) is 0 Å². The molecule has 6 nitrogen and oxygen atoms in total. The van der Waals surface area contributed by atoms with Crippen LogP contribution < -0.4 is 0 Å². The third-order valence-corrected chi connectivity index (χ3v) is 3.82. The number of carbonyl (C=O) groups is 2. The Labute approximate surface area is 91.9 Å². The number of pyridine rings is 1. The number of aromatic nitrogens is 1. The summed E-state index contributed by atoms with van der Waals surface area (Å²) in [5, 5.41) is -0.277. The smallest absolute Gasteiger partial charge is 0.285 e. The van der Waals surface area contributed by atoms with E-state index in [1.54, 1.807) is 0 Å². The van der Waals surface area contributed by atoms with Crippen LogP contribution in [0.5, 0.6) is 0 Å². The van der Waals surface area contributed by atoms with E-state index in [1.807, 2.05) is 0 Å². The average molecular weight is 240 g/mol. The lowest BCUT2D eigenvalue weighted by molar-refractivity contribution is -0.116. The van der Waals surface area contributed by atoms with Crippen molar-refractivity contribution in [2.45, 2.75) is 11.9 Å². The first-order valence-corrected chi connectivity index (χ1v) is 5.90. The zero-order valence-corrected chi connectivity index (χ0v) is 9.19. The van der Waals surface area contributed by atoms with E-state index >= 15 is 0 Å². The van der Waals surface area contributed by atoms with Crippen molar-refractivity contribution in [3.63, 3.8) is 0 Å². The molecule has 16 heavy (non-hydrogen) atoms. The molecule has 2 heterocycles.